The van der Waals surface area contributed by atoms with Crippen molar-refractivity contribution in [3.05, 3.63) is 35.9 Å². The Morgan fingerprint density at radius 2 is 2.06 bits per heavy atom. The van der Waals surface area contributed by atoms with Crippen LogP contribution in [0.5, 0.6) is 0 Å². The van der Waals surface area contributed by atoms with Gasteiger partial charge in [-0.1, -0.05) is 30.3 Å². The van der Waals surface area contributed by atoms with E-state index in [4.69, 9.17) is 5.11 Å². The van der Waals surface area contributed by atoms with Gasteiger partial charge in [0, 0.05) is 30.7 Å². The van der Waals surface area contributed by atoms with E-state index in [0.717, 1.165) is 19.4 Å². The van der Waals surface area contributed by atoms with Gasteiger partial charge in [0.15, 0.2) is 0 Å². The van der Waals surface area contributed by atoms with Crippen LogP contribution in [0.2, 0.25) is 0 Å². The number of hydrogen-bond donors (Lipinski definition) is 1. The van der Waals surface area contributed by atoms with Gasteiger partial charge < -0.3 is 5.11 Å². The zero-order valence-corrected chi connectivity index (χ0v) is 11.0. The predicted molar refractivity (Wildman–Crippen MR) is 74.4 cm³/mol. The van der Waals surface area contributed by atoms with Gasteiger partial charge in [0.25, 0.3) is 0 Å². The van der Waals surface area contributed by atoms with Gasteiger partial charge in [-0.2, -0.15) is 11.8 Å². The second kappa shape index (κ2) is 7.04. The third-order valence-corrected chi connectivity index (χ3v) is 4.30. The second-order valence-corrected chi connectivity index (χ2v) is 5.62. The molecule has 2 nitrogen and oxygen atoms in total. The molecular formula is C14H21NOS. The van der Waals surface area contributed by atoms with Crippen LogP contribution >= 0.6 is 11.8 Å². The van der Waals surface area contributed by atoms with Crippen LogP contribution in [0.15, 0.2) is 30.3 Å². The monoisotopic (exact) mass is 251 g/mol. The Morgan fingerprint density at radius 1 is 1.24 bits per heavy atom. The van der Waals surface area contributed by atoms with E-state index < -0.39 is 0 Å². The minimum Gasteiger partial charge on any atom is -0.396 e. The number of rotatable bonds is 5. The maximum absolute atomic E-state index is 8.86. The normalized spacial score (nSPS) is 21.6. The fourth-order valence-corrected chi connectivity index (χ4v) is 3.47. The average Bonchev–Trinajstić information content (AvgIpc) is 2.41. The topological polar surface area (TPSA) is 23.5 Å². The first-order valence-electron chi connectivity index (χ1n) is 6.39. The lowest BCUT2D eigenvalue weighted by molar-refractivity contribution is 0.205. The van der Waals surface area contributed by atoms with Crippen LogP contribution in [0, 0.1) is 0 Å². The van der Waals surface area contributed by atoms with E-state index in [1.807, 2.05) is 11.8 Å². The lowest BCUT2D eigenvalue weighted by Gasteiger charge is -2.35. The highest BCUT2D eigenvalue weighted by Crippen LogP contribution is 2.29. The molecule has 0 amide bonds. The number of nitrogens with zero attached hydrogens (tertiary/aromatic N) is 1. The highest BCUT2D eigenvalue weighted by molar-refractivity contribution is 7.99. The van der Waals surface area contributed by atoms with Crippen molar-refractivity contribution in [3.63, 3.8) is 0 Å². The summed E-state index contributed by atoms with van der Waals surface area (Å²) in [7, 11) is 0. The quantitative estimate of drug-likeness (QED) is 0.814. The van der Waals surface area contributed by atoms with E-state index in [1.165, 1.54) is 23.6 Å². The van der Waals surface area contributed by atoms with Crippen molar-refractivity contribution in [1.82, 2.24) is 4.90 Å². The van der Waals surface area contributed by atoms with Crippen LogP contribution in [0.1, 0.15) is 24.4 Å². The average molecular weight is 251 g/mol. The SMILES string of the molecule is OCCCCN1CCSCC1c1ccccc1. The molecule has 17 heavy (non-hydrogen) atoms. The fourth-order valence-electron chi connectivity index (χ4n) is 2.31. The third-order valence-electron chi connectivity index (χ3n) is 3.28. The number of aliphatic hydroxyl groups is 1. The Bertz CT molecular complexity index is 317. The Labute approximate surface area is 108 Å². The van der Waals surface area contributed by atoms with E-state index in [9.17, 15) is 0 Å². The van der Waals surface area contributed by atoms with E-state index in [0.29, 0.717) is 12.6 Å². The molecule has 0 aromatic heterocycles. The van der Waals surface area contributed by atoms with Gasteiger partial charge in [0.05, 0.1) is 0 Å². The standard InChI is InChI=1S/C14H21NOS/c16-10-5-4-8-15-9-11-17-12-14(15)13-6-2-1-3-7-13/h1-3,6-7,14,16H,4-5,8-12H2. The highest BCUT2D eigenvalue weighted by Gasteiger charge is 2.23. The van der Waals surface area contributed by atoms with Crippen molar-refractivity contribution in [2.45, 2.75) is 18.9 Å². The van der Waals surface area contributed by atoms with Crippen molar-refractivity contribution in [2.24, 2.45) is 0 Å². The molecule has 1 aliphatic rings. The van der Waals surface area contributed by atoms with Gasteiger partial charge in [0.2, 0.25) is 0 Å². The first kappa shape index (κ1) is 12.9. The van der Waals surface area contributed by atoms with Crippen LogP contribution in [0.4, 0.5) is 0 Å². The summed E-state index contributed by atoms with van der Waals surface area (Å²) in [5, 5.41) is 8.86. The summed E-state index contributed by atoms with van der Waals surface area (Å²) < 4.78 is 0. The molecule has 0 spiro atoms. The van der Waals surface area contributed by atoms with E-state index >= 15 is 0 Å². The molecule has 1 saturated heterocycles. The number of hydrogen-bond acceptors (Lipinski definition) is 3. The fraction of sp³-hybridized carbons (Fsp3) is 0.571. The van der Waals surface area contributed by atoms with Crippen molar-refractivity contribution < 1.29 is 5.11 Å². The molecule has 1 unspecified atom stereocenters. The summed E-state index contributed by atoms with van der Waals surface area (Å²) in [4.78, 5) is 2.57. The maximum Gasteiger partial charge on any atom is 0.0438 e. The Balaban J connectivity index is 1.97. The van der Waals surface area contributed by atoms with Gasteiger partial charge in [-0.15, -0.1) is 0 Å². The number of aliphatic hydroxyl groups excluding tert-OH is 1. The summed E-state index contributed by atoms with van der Waals surface area (Å²) in [5.74, 6) is 2.44. The molecule has 0 aliphatic carbocycles. The molecule has 2 rings (SSSR count). The molecular weight excluding hydrogens is 230 g/mol. The van der Waals surface area contributed by atoms with Gasteiger partial charge in [0.1, 0.15) is 0 Å². The van der Waals surface area contributed by atoms with E-state index in [-0.39, 0.29) is 0 Å². The molecule has 1 atom stereocenters. The molecule has 0 saturated carbocycles. The largest absolute Gasteiger partial charge is 0.396 e. The lowest BCUT2D eigenvalue weighted by atomic mass is 10.1. The van der Waals surface area contributed by atoms with Crippen LogP contribution in [0.25, 0.3) is 0 Å². The zero-order valence-electron chi connectivity index (χ0n) is 10.2. The molecule has 1 aliphatic heterocycles. The Hall–Kier alpha value is -0.510. The summed E-state index contributed by atoms with van der Waals surface area (Å²) in [5.41, 5.74) is 1.43. The van der Waals surface area contributed by atoms with Crippen molar-refractivity contribution >= 4 is 11.8 Å². The molecule has 1 fully saturated rings. The maximum atomic E-state index is 8.86. The highest BCUT2D eigenvalue weighted by atomic mass is 32.2. The van der Waals surface area contributed by atoms with Crippen LogP contribution in [-0.4, -0.2) is 41.2 Å². The Kier molecular flexibility index (Phi) is 5.36. The summed E-state index contributed by atoms with van der Waals surface area (Å²) >= 11 is 2.05. The number of unbranched alkanes of at least 4 members (excludes halogenated alkanes) is 1. The van der Waals surface area contributed by atoms with Crippen LogP contribution in [-0.2, 0) is 0 Å². The van der Waals surface area contributed by atoms with Crippen molar-refractivity contribution in [2.75, 3.05) is 31.2 Å². The summed E-state index contributed by atoms with van der Waals surface area (Å²) in [6.45, 7) is 2.61. The molecule has 1 N–H and O–H groups in total. The minimum atomic E-state index is 0.318. The van der Waals surface area contributed by atoms with Crippen molar-refractivity contribution in [3.8, 4) is 0 Å². The van der Waals surface area contributed by atoms with E-state index in [1.54, 1.807) is 0 Å². The molecule has 0 bridgehead atoms. The van der Waals surface area contributed by atoms with Gasteiger partial charge >= 0.3 is 0 Å². The predicted octanol–water partition coefficient (Wildman–Crippen LogP) is 2.55. The van der Waals surface area contributed by atoms with Crippen LogP contribution < -0.4 is 0 Å². The van der Waals surface area contributed by atoms with Crippen molar-refractivity contribution in [1.29, 1.82) is 0 Å². The second-order valence-electron chi connectivity index (χ2n) is 4.47. The third kappa shape index (κ3) is 3.73. The molecule has 1 aromatic carbocycles. The lowest BCUT2D eigenvalue weighted by Crippen LogP contribution is -2.36. The Morgan fingerprint density at radius 3 is 2.82 bits per heavy atom. The van der Waals surface area contributed by atoms with Gasteiger partial charge in [-0.3, -0.25) is 4.90 Å². The first-order valence-corrected chi connectivity index (χ1v) is 7.55. The number of benzene rings is 1. The molecule has 1 heterocycles. The van der Waals surface area contributed by atoms with Gasteiger partial charge in [-0.25, -0.2) is 0 Å². The van der Waals surface area contributed by atoms with E-state index in [2.05, 4.69) is 35.2 Å². The molecule has 3 heteroatoms. The molecule has 1 aromatic rings. The molecule has 94 valence electrons. The van der Waals surface area contributed by atoms with Crippen LogP contribution in [0.3, 0.4) is 0 Å². The summed E-state index contributed by atoms with van der Waals surface area (Å²) in [6, 6.07) is 11.4. The smallest absolute Gasteiger partial charge is 0.0438 e. The van der Waals surface area contributed by atoms with Gasteiger partial charge in [-0.05, 0) is 24.9 Å². The first-order chi connectivity index (χ1) is 8.42. The number of thioether (sulfide) groups is 1. The zero-order chi connectivity index (χ0) is 11.9. The molecule has 0 radical (unpaired) electrons. The summed E-state index contributed by atoms with van der Waals surface area (Å²) in [6.07, 6.45) is 2.02. The minimum absolute atomic E-state index is 0.318.